The highest BCUT2D eigenvalue weighted by atomic mass is 16.5. The fourth-order valence-electron chi connectivity index (χ4n) is 3.26. The first-order valence-electron chi connectivity index (χ1n) is 7.35. The Bertz CT molecular complexity index is 508. The monoisotopic (exact) mass is 259 g/mol. The largest absolute Gasteiger partial charge is 0.493 e. The number of carbonyl (C=O) groups excluding carboxylic acids is 1. The zero-order valence-electron chi connectivity index (χ0n) is 11.6. The van der Waals surface area contributed by atoms with Crippen LogP contribution in [0.25, 0.3) is 0 Å². The summed E-state index contributed by atoms with van der Waals surface area (Å²) in [6, 6.07) is 2.21. The zero-order chi connectivity index (χ0) is 13.2. The normalized spacial score (nSPS) is 15.8. The molecule has 1 aromatic rings. The molecule has 0 spiro atoms. The van der Waals surface area contributed by atoms with Crippen LogP contribution in [0.1, 0.15) is 42.0 Å². The summed E-state index contributed by atoms with van der Waals surface area (Å²) in [7, 11) is 0. The topological polar surface area (TPSA) is 38.3 Å². The molecule has 0 unspecified atom stereocenters. The highest BCUT2D eigenvalue weighted by Gasteiger charge is 2.25. The lowest BCUT2D eigenvalue weighted by Crippen LogP contribution is -2.24. The molecule has 0 atom stereocenters. The lowest BCUT2D eigenvalue weighted by Gasteiger charge is -2.13. The van der Waals surface area contributed by atoms with Crippen molar-refractivity contribution in [2.24, 2.45) is 0 Å². The van der Waals surface area contributed by atoms with Gasteiger partial charge in [-0.2, -0.15) is 0 Å². The molecule has 3 nitrogen and oxygen atoms in total. The SMILES string of the molecule is CCC(=O)NCCc1cc2c(c3c1CCC3)CCO2. The molecule has 1 amide bonds. The van der Waals surface area contributed by atoms with Crippen molar-refractivity contribution in [1.82, 2.24) is 5.32 Å². The van der Waals surface area contributed by atoms with Gasteiger partial charge in [0.15, 0.2) is 0 Å². The number of carbonyl (C=O) groups is 1. The van der Waals surface area contributed by atoms with Crippen molar-refractivity contribution in [1.29, 1.82) is 0 Å². The number of ether oxygens (including phenoxy) is 1. The van der Waals surface area contributed by atoms with E-state index in [9.17, 15) is 4.79 Å². The van der Waals surface area contributed by atoms with Gasteiger partial charge in [0.2, 0.25) is 5.91 Å². The van der Waals surface area contributed by atoms with Gasteiger partial charge in [0.1, 0.15) is 5.75 Å². The Kier molecular flexibility index (Phi) is 3.45. The van der Waals surface area contributed by atoms with Crippen LogP contribution >= 0.6 is 0 Å². The predicted octanol–water partition coefficient (Wildman–Crippen LogP) is 2.18. The van der Waals surface area contributed by atoms with Gasteiger partial charge < -0.3 is 10.1 Å². The van der Waals surface area contributed by atoms with Gasteiger partial charge >= 0.3 is 0 Å². The highest BCUT2D eigenvalue weighted by Crippen LogP contribution is 2.38. The first-order chi connectivity index (χ1) is 9.29. The van der Waals surface area contributed by atoms with E-state index < -0.39 is 0 Å². The Morgan fingerprint density at radius 3 is 2.95 bits per heavy atom. The van der Waals surface area contributed by atoms with Crippen LogP contribution in [0.15, 0.2) is 6.07 Å². The molecule has 3 heteroatoms. The van der Waals surface area contributed by atoms with Gasteiger partial charge in [-0.15, -0.1) is 0 Å². The summed E-state index contributed by atoms with van der Waals surface area (Å²) < 4.78 is 5.73. The van der Waals surface area contributed by atoms with Crippen molar-refractivity contribution in [2.45, 2.75) is 45.4 Å². The van der Waals surface area contributed by atoms with Crippen molar-refractivity contribution >= 4 is 5.91 Å². The van der Waals surface area contributed by atoms with Crippen LogP contribution in [0.3, 0.4) is 0 Å². The molecule has 102 valence electrons. The maximum Gasteiger partial charge on any atom is 0.219 e. The molecule has 0 bridgehead atoms. The minimum Gasteiger partial charge on any atom is -0.493 e. The van der Waals surface area contributed by atoms with E-state index in [1.807, 2.05) is 6.92 Å². The van der Waals surface area contributed by atoms with Gasteiger partial charge in [0.05, 0.1) is 6.61 Å². The first kappa shape index (κ1) is 12.5. The number of fused-ring (bicyclic) bond motifs is 3. The fraction of sp³-hybridized carbons (Fsp3) is 0.562. The molecule has 0 saturated carbocycles. The van der Waals surface area contributed by atoms with E-state index in [0.717, 1.165) is 31.7 Å². The van der Waals surface area contributed by atoms with Crippen LogP contribution in [0.5, 0.6) is 5.75 Å². The van der Waals surface area contributed by atoms with Crippen LogP contribution in [0.2, 0.25) is 0 Å². The third-order valence-electron chi connectivity index (χ3n) is 4.22. The summed E-state index contributed by atoms with van der Waals surface area (Å²) in [6.45, 7) is 3.45. The molecular weight excluding hydrogens is 238 g/mol. The molecule has 0 radical (unpaired) electrons. The molecular formula is C16H21NO2. The third-order valence-corrected chi connectivity index (χ3v) is 4.22. The quantitative estimate of drug-likeness (QED) is 0.900. The van der Waals surface area contributed by atoms with E-state index in [-0.39, 0.29) is 5.91 Å². The molecule has 19 heavy (non-hydrogen) atoms. The first-order valence-corrected chi connectivity index (χ1v) is 7.35. The van der Waals surface area contributed by atoms with Crippen molar-refractivity contribution < 1.29 is 9.53 Å². The standard InChI is InChI=1S/C16H21NO2/c1-2-16(18)17-8-6-11-10-15-14(7-9-19-15)13-5-3-4-12(11)13/h10H,2-9H2,1H3,(H,17,18). The molecule has 1 heterocycles. The maximum atomic E-state index is 11.3. The number of rotatable bonds is 4. The van der Waals surface area contributed by atoms with Crippen LogP contribution in [0, 0.1) is 0 Å². The van der Waals surface area contributed by atoms with E-state index in [1.165, 1.54) is 36.0 Å². The number of amides is 1. The summed E-state index contributed by atoms with van der Waals surface area (Å²) in [5.74, 6) is 1.23. The fourth-order valence-corrected chi connectivity index (χ4v) is 3.26. The molecule has 2 aliphatic rings. The van der Waals surface area contributed by atoms with Crippen LogP contribution in [0.4, 0.5) is 0 Å². The molecule has 3 rings (SSSR count). The number of benzene rings is 1. The van der Waals surface area contributed by atoms with Crippen molar-refractivity contribution in [3.8, 4) is 5.75 Å². The zero-order valence-corrected chi connectivity index (χ0v) is 11.6. The molecule has 1 aliphatic heterocycles. The minimum atomic E-state index is 0.133. The number of hydrogen-bond donors (Lipinski definition) is 1. The Labute approximate surface area is 114 Å². The molecule has 1 N–H and O–H groups in total. The predicted molar refractivity (Wildman–Crippen MR) is 74.7 cm³/mol. The summed E-state index contributed by atoms with van der Waals surface area (Å²) in [5.41, 5.74) is 5.92. The number of nitrogens with one attached hydrogen (secondary N) is 1. The molecule has 0 saturated heterocycles. The van der Waals surface area contributed by atoms with E-state index in [2.05, 4.69) is 11.4 Å². The number of hydrogen-bond acceptors (Lipinski definition) is 2. The van der Waals surface area contributed by atoms with Crippen LogP contribution in [-0.2, 0) is 30.5 Å². The Morgan fingerprint density at radius 1 is 1.26 bits per heavy atom. The van der Waals surface area contributed by atoms with Crippen molar-refractivity contribution in [2.75, 3.05) is 13.2 Å². The second-order valence-electron chi connectivity index (χ2n) is 5.38. The third kappa shape index (κ3) is 2.34. The molecule has 0 aromatic heterocycles. The smallest absolute Gasteiger partial charge is 0.219 e. The van der Waals surface area contributed by atoms with Crippen LogP contribution in [-0.4, -0.2) is 19.1 Å². The van der Waals surface area contributed by atoms with Gasteiger partial charge in [-0.25, -0.2) is 0 Å². The lowest BCUT2D eigenvalue weighted by molar-refractivity contribution is -0.120. The van der Waals surface area contributed by atoms with Gasteiger partial charge in [-0.3, -0.25) is 4.79 Å². The van der Waals surface area contributed by atoms with Gasteiger partial charge in [-0.05, 0) is 48.4 Å². The molecule has 1 aromatic carbocycles. The van der Waals surface area contributed by atoms with Gasteiger partial charge in [0, 0.05) is 24.9 Å². The Morgan fingerprint density at radius 2 is 2.11 bits per heavy atom. The van der Waals surface area contributed by atoms with E-state index in [1.54, 1.807) is 5.56 Å². The Balaban J connectivity index is 1.78. The molecule has 0 fully saturated rings. The van der Waals surface area contributed by atoms with E-state index >= 15 is 0 Å². The van der Waals surface area contributed by atoms with Gasteiger partial charge in [-0.1, -0.05) is 6.92 Å². The maximum absolute atomic E-state index is 11.3. The summed E-state index contributed by atoms with van der Waals surface area (Å²) >= 11 is 0. The minimum absolute atomic E-state index is 0.133. The average molecular weight is 259 g/mol. The highest BCUT2D eigenvalue weighted by molar-refractivity contribution is 5.75. The molecule has 1 aliphatic carbocycles. The summed E-state index contributed by atoms with van der Waals surface area (Å²) in [5, 5.41) is 2.96. The van der Waals surface area contributed by atoms with E-state index in [0.29, 0.717) is 6.42 Å². The van der Waals surface area contributed by atoms with Crippen molar-refractivity contribution in [3.05, 3.63) is 28.3 Å². The summed E-state index contributed by atoms with van der Waals surface area (Å²) in [4.78, 5) is 11.3. The van der Waals surface area contributed by atoms with Gasteiger partial charge in [0.25, 0.3) is 0 Å². The Hall–Kier alpha value is -1.51. The second kappa shape index (κ2) is 5.24. The average Bonchev–Trinajstić information content (AvgIpc) is 3.05. The van der Waals surface area contributed by atoms with Crippen LogP contribution < -0.4 is 10.1 Å². The van der Waals surface area contributed by atoms with Crippen molar-refractivity contribution in [3.63, 3.8) is 0 Å². The second-order valence-corrected chi connectivity index (χ2v) is 5.38. The van der Waals surface area contributed by atoms with E-state index in [4.69, 9.17) is 4.74 Å². The summed E-state index contributed by atoms with van der Waals surface area (Å²) in [6.07, 6.45) is 6.22. The lowest BCUT2D eigenvalue weighted by atomic mass is 9.95.